The Morgan fingerprint density at radius 2 is 2.10 bits per heavy atom. The van der Waals surface area contributed by atoms with E-state index in [1.807, 2.05) is 20.2 Å². The summed E-state index contributed by atoms with van der Waals surface area (Å²) in [5, 5.41) is 7.16. The van der Waals surface area contributed by atoms with Crippen molar-refractivity contribution in [3.63, 3.8) is 0 Å². The van der Waals surface area contributed by atoms with E-state index in [4.69, 9.17) is 10.5 Å². The SMILES string of the molecule is CCc1nn(C)cc1CNC(=O)COc1ccc(N)cc1. The van der Waals surface area contributed by atoms with Crippen molar-refractivity contribution in [2.24, 2.45) is 7.05 Å². The second kappa shape index (κ2) is 6.78. The van der Waals surface area contributed by atoms with E-state index in [1.165, 1.54) is 0 Å². The average molecular weight is 288 g/mol. The molecule has 2 aromatic rings. The first-order valence-corrected chi connectivity index (χ1v) is 6.85. The summed E-state index contributed by atoms with van der Waals surface area (Å²) in [6.45, 7) is 2.48. The van der Waals surface area contributed by atoms with E-state index in [1.54, 1.807) is 28.9 Å². The number of ether oxygens (including phenoxy) is 1. The summed E-state index contributed by atoms with van der Waals surface area (Å²) in [4.78, 5) is 11.8. The molecule has 1 amide bonds. The summed E-state index contributed by atoms with van der Waals surface area (Å²) in [7, 11) is 1.87. The summed E-state index contributed by atoms with van der Waals surface area (Å²) >= 11 is 0. The quantitative estimate of drug-likeness (QED) is 0.784. The first-order chi connectivity index (χ1) is 10.1. The van der Waals surface area contributed by atoms with Crippen molar-refractivity contribution in [3.8, 4) is 5.75 Å². The number of anilines is 1. The number of aromatic nitrogens is 2. The van der Waals surface area contributed by atoms with Crippen LogP contribution in [0.2, 0.25) is 0 Å². The number of nitrogens with one attached hydrogen (secondary N) is 1. The first kappa shape index (κ1) is 14.9. The van der Waals surface area contributed by atoms with Crippen LogP contribution < -0.4 is 15.8 Å². The van der Waals surface area contributed by atoms with Crippen LogP contribution in [0.5, 0.6) is 5.75 Å². The molecule has 0 bridgehead atoms. The van der Waals surface area contributed by atoms with Gasteiger partial charge in [-0.05, 0) is 30.7 Å². The lowest BCUT2D eigenvalue weighted by Gasteiger charge is -2.07. The van der Waals surface area contributed by atoms with Gasteiger partial charge in [-0.2, -0.15) is 5.10 Å². The van der Waals surface area contributed by atoms with Crippen molar-refractivity contribution in [3.05, 3.63) is 41.7 Å². The number of amides is 1. The zero-order chi connectivity index (χ0) is 15.2. The lowest BCUT2D eigenvalue weighted by molar-refractivity contribution is -0.123. The predicted octanol–water partition coefficient (Wildman–Crippen LogP) is 1.26. The van der Waals surface area contributed by atoms with E-state index in [-0.39, 0.29) is 12.5 Å². The number of nitrogens with zero attached hydrogens (tertiary/aromatic N) is 2. The van der Waals surface area contributed by atoms with Gasteiger partial charge in [0.2, 0.25) is 0 Å². The van der Waals surface area contributed by atoms with Gasteiger partial charge in [-0.3, -0.25) is 9.48 Å². The molecule has 0 unspecified atom stereocenters. The van der Waals surface area contributed by atoms with Crippen LogP contribution in [-0.4, -0.2) is 22.3 Å². The molecule has 0 aliphatic carbocycles. The van der Waals surface area contributed by atoms with Crippen LogP contribution in [0.4, 0.5) is 5.69 Å². The van der Waals surface area contributed by atoms with E-state index in [0.717, 1.165) is 17.7 Å². The fourth-order valence-electron chi connectivity index (χ4n) is 1.99. The molecule has 1 heterocycles. The second-order valence-electron chi connectivity index (χ2n) is 4.76. The molecule has 0 fully saturated rings. The lowest BCUT2D eigenvalue weighted by atomic mass is 10.2. The van der Waals surface area contributed by atoms with Gasteiger partial charge in [0.05, 0.1) is 5.69 Å². The summed E-state index contributed by atoms with van der Waals surface area (Å²) in [5.41, 5.74) is 8.27. The van der Waals surface area contributed by atoms with Crippen molar-refractivity contribution >= 4 is 11.6 Å². The number of benzene rings is 1. The summed E-state index contributed by atoms with van der Waals surface area (Å²) in [6.07, 6.45) is 2.76. The van der Waals surface area contributed by atoms with Gasteiger partial charge in [0.1, 0.15) is 5.75 Å². The maximum Gasteiger partial charge on any atom is 0.258 e. The number of carbonyl (C=O) groups excluding carboxylic acids is 1. The molecule has 2 rings (SSSR count). The van der Waals surface area contributed by atoms with Gasteiger partial charge in [0.25, 0.3) is 5.91 Å². The maximum absolute atomic E-state index is 11.8. The van der Waals surface area contributed by atoms with Gasteiger partial charge in [0, 0.05) is 31.0 Å². The van der Waals surface area contributed by atoms with Crippen LogP contribution in [0.3, 0.4) is 0 Å². The van der Waals surface area contributed by atoms with Crippen LogP contribution in [0.1, 0.15) is 18.2 Å². The van der Waals surface area contributed by atoms with E-state index in [2.05, 4.69) is 10.4 Å². The Kier molecular flexibility index (Phi) is 4.81. The highest BCUT2D eigenvalue weighted by atomic mass is 16.5. The zero-order valence-corrected chi connectivity index (χ0v) is 12.3. The normalized spacial score (nSPS) is 10.4. The molecule has 0 saturated carbocycles. The molecule has 0 aliphatic rings. The lowest BCUT2D eigenvalue weighted by Crippen LogP contribution is -2.28. The van der Waals surface area contributed by atoms with Crippen molar-refractivity contribution < 1.29 is 9.53 Å². The fraction of sp³-hybridized carbons (Fsp3) is 0.333. The van der Waals surface area contributed by atoms with Crippen molar-refractivity contribution in [2.45, 2.75) is 19.9 Å². The van der Waals surface area contributed by atoms with Gasteiger partial charge >= 0.3 is 0 Å². The van der Waals surface area contributed by atoms with Crippen LogP contribution in [0.25, 0.3) is 0 Å². The minimum Gasteiger partial charge on any atom is -0.484 e. The molecule has 0 atom stereocenters. The molecular formula is C15H20N4O2. The van der Waals surface area contributed by atoms with Crippen molar-refractivity contribution in [1.29, 1.82) is 0 Å². The number of hydrogen-bond donors (Lipinski definition) is 2. The number of aryl methyl sites for hydroxylation is 2. The van der Waals surface area contributed by atoms with Crippen LogP contribution in [0.15, 0.2) is 30.5 Å². The standard InChI is InChI=1S/C15H20N4O2/c1-3-14-11(9-19(2)18-14)8-17-15(20)10-21-13-6-4-12(16)5-7-13/h4-7,9H,3,8,10,16H2,1-2H3,(H,17,20). The summed E-state index contributed by atoms with van der Waals surface area (Å²) < 4.78 is 7.14. The average Bonchev–Trinajstić information content (AvgIpc) is 2.84. The number of hydrogen-bond acceptors (Lipinski definition) is 4. The molecule has 1 aromatic carbocycles. The number of rotatable bonds is 6. The van der Waals surface area contributed by atoms with Crippen LogP contribution in [0, 0.1) is 0 Å². The minimum atomic E-state index is -0.169. The molecule has 0 saturated heterocycles. The van der Waals surface area contributed by atoms with E-state index >= 15 is 0 Å². The predicted molar refractivity (Wildman–Crippen MR) is 80.8 cm³/mol. The smallest absolute Gasteiger partial charge is 0.258 e. The molecule has 3 N–H and O–H groups in total. The number of nitrogens with two attached hydrogens (primary N) is 1. The molecule has 1 aromatic heterocycles. The Balaban J connectivity index is 1.80. The van der Waals surface area contributed by atoms with E-state index < -0.39 is 0 Å². The molecule has 0 aliphatic heterocycles. The monoisotopic (exact) mass is 288 g/mol. The Labute approximate surface area is 123 Å². The highest BCUT2D eigenvalue weighted by molar-refractivity contribution is 5.77. The Hall–Kier alpha value is -2.50. The van der Waals surface area contributed by atoms with Crippen LogP contribution in [-0.2, 0) is 24.8 Å². The van der Waals surface area contributed by atoms with Gasteiger partial charge < -0.3 is 15.8 Å². The number of carbonyl (C=O) groups is 1. The van der Waals surface area contributed by atoms with Crippen molar-refractivity contribution in [1.82, 2.24) is 15.1 Å². The topological polar surface area (TPSA) is 82.2 Å². The highest BCUT2D eigenvalue weighted by Gasteiger charge is 2.08. The second-order valence-corrected chi connectivity index (χ2v) is 4.76. The molecule has 6 nitrogen and oxygen atoms in total. The van der Waals surface area contributed by atoms with E-state index in [9.17, 15) is 4.79 Å². The van der Waals surface area contributed by atoms with E-state index in [0.29, 0.717) is 18.0 Å². The van der Waals surface area contributed by atoms with Gasteiger partial charge in [-0.15, -0.1) is 0 Å². The Morgan fingerprint density at radius 1 is 1.38 bits per heavy atom. The van der Waals surface area contributed by atoms with Gasteiger partial charge in [0.15, 0.2) is 6.61 Å². The largest absolute Gasteiger partial charge is 0.484 e. The Morgan fingerprint density at radius 3 is 2.76 bits per heavy atom. The molecule has 21 heavy (non-hydrogen) atoms. The van der Waals surface area contributed by atoms with Gasteiger partial charge in [-0.1, -0.05) is 6.92 Å². The fourth-order valence-corrected chi connectivity index (χ4v) is 1.99. The van der Waals surface area contributed by atoms with Gasteiger partial charge in [-0.25, -0.2) is 0 Å². The molecular weight excluding hydrogens is 268 g/mol. The van der Waals surface area contributed by atoms with Crippen molar-refractivity contribution in [2.75, 3.05) is 12.3 Å². The third kappa shape index (κ3) is 4.24. The highest BCUT2D eigenvalue weighted by Crippen LogP contribution is 2.12. The molecule has 112 valence electrons. The van der Waals surface area contributed by atoms with Crippen LogP contribution >= 0.6 is 0 Å². The third-order valence-corrected chi connectivity index (χ3v) is 3.05. The Bertz CT molecular complexity index is 605. The minimum absolute atomic E-state index is 0.0222. The summed E-state index contributed by atoms with van der Waals surface area (Å²) in [5.74, 6) is 0.452. The zero-order valence-electron chi connectivity index (χ0n) is 12.3. The maximum atomic E-state index is 11.8. The molecule has 0 spiro atoms. The summed E-state index contributed by atoms with van der Waals surface area (Å²) in [6, 6.07) is 6.94. The molecule has 0 radical (unpaired) electrons. The first-order valence-electron chi connectivity index (χ1n) is 6.85. The number of nitrogen functional groups attached to an aromatic ring is 1. The third-order valence-electron chi connectivity index (χ3n) is 3.05. The molecule has 6 heteroatoms.